The van der Waals surface area contributed by atoms with Gasteiger partial charge in [0.05, 0.1) is 33.3 Å². The standard InChI is InChI=1S/C57H38N6/c1-4-18-37(19-5-1)38-32-34-40(35-33-38)56-58-55(39-20-6-2-7-21-39)59-57(60-56)63-49-31-17-13-27-45(49)53-51(63)36-50(62-46-28-14-10-24-42(46)43-25-11-15-29-47(43)62)52-44-26-12-16-30-48(44)61(54(52)53)41-22-8-3-9-23-41/h1-11,13-25,27-36H,12,26H2. The fraction of sp³-hybridized carbons (Fsp3) is 0.0351. The van der Waals surface area contributed by atoms with Gasteiger partial charge < -0.3 is 9.13 Å². The molecule has 0 aliphatic heterocycles. The van der Waals surface area contributed by atoms with Crippen LogP contribution in [-0.4, -0.2) is 28.7 Å². The van der Waals surface area contributed by atoms with E-state index < -0.39 is 0 Å². The van der Waals surface area contributed by atoms with Gasteiger partial charge in [-0.15, -0.1) is 0 Å². The molecule has 0 amide bonds. The first-order valence-corrected chi connectivity index (χ1v) is 21.6. The Morgan fingerprint density at radius 1 is 0.397 bits per heavy atom. The predicted octanol–water partition coefficient (Wildman–Crippen LogP) is 14.0. The Kier molecular flexibility index (Phi) is 7.93. The lowest BCUT2D eigenvalue weighted by atomic mass is 9.98. The van der Waals surface area contributed by atoms with Crippen LogP contribution in [0.5, 0.6) is 0 Å². The molecule has 12 aromatic rings. The Labute approximate surface area is 363 Å². The van der Waals surface area contributed by atoms with E-state index in [9.17, 15) is 0 Å². The fourth-order valence-corrected chi connectivity index (χ4v) is 10.0. The molecule has 63 heavy (non-hydrogen) atoms. The van der Waals surface area contributed by atoms with Gasteiger partial charge >= 0.3 is 0 Å². The van der Waals surface area contributed by atoms with Crippen LogP contribution in [0.2, 0.25) is 0 Å². The van der Waals surface area contributed by atoms with Crippen LogP contribution in [0.1, 0.15) is 17.7 Å². The Morgan fingerprint density at radius 2 is 0.905 bits per heavy atom. The largest absolute Gasteiger partial charge is 0.309 e. The first-order chi connectivity index (χ1) is 31.3. The van der Waals surface area contributed by atoms with Gasteiger partial charge in [0.15, 0.2) is 11.6 Å². The van der Waals surface area contributed by atoms with Gasteiger partial charge in [0.1, 0.15) is 0 Å². The van der Waals surface area contributed by atoms with Gasteiger partial charge in [0.25, 0.3) is 0 Å². The van der Waals surface area contributed by atoms with Crippen LogP contribution >= 0.6 is 0 Å². The molecular weight excluding hydrogens is 769 g/mol. The summed E-state index contributed by atoms with van der Waals surface area (Å²) in [6.45, 7) is 0. The third kappa shape index (κ3) is 5.48. The second kappa shape index (κ2) is 14.1. The Balaban J connectivity index is 1.18. The minimum Gasteiger partial charge on any atom is -0.309 e. The number of aryl methyl sites for hydroxylation is 1. The zero-order valence-electron chi connectivity index (χ0n) is 34.2. The highest BCUT2D eigenvalue weighted by Crippen LogP contribution is 2.47. The van der Waals surface area contributed by atoms with E-state index in [2.05, 4.69) is 196 Å². The van der Waals surface area contributed by atoms with Crippen molar-refractivity contribution in [2.45, 2.75) is 12.8 Å². The van der Waals surface area contributed by atoms with Gasteiger partial charge in [-0.05, 0) is 72.0 Å². The second-order valence-corrected chi connectivity index (χ2v) is 16.3. The number of rotatable bonds is 6. The zero-order valence-corrected chi connectivity index (χ0v) is 34.2. The van der Waals surface area contributed by atoms with Crippen molar-refractivity contribution in [1.82, 2.24) is 28.7 Å². The molecule has 6 heteroatoms. The van der Waals surface area contributed by atoms with Crippen molar-refractivity contribution < 1.29 is 0 Å². The van der Waals surface area contributed by atoms with E-state index in [1.807, 2.05) is 24.3 Å². The van der Waals surface area contributed by atoms with Crippen molar-refractivity contribution in [1.29, 1.82) is 0 Å². The molecule has 0 saturated carbocycles. The maximum atomic E-state index is 5.41. The van der Waals surface area contributed by atoms with E-state index >= 15 is 0 Å². The van der Waals surface area contributed by atoms with Gasteiger partial charge in [-0.3, -0.25) is 4.57 Å². The lowest BCUT2D eigenvalue weighted by molar-refractivity contribution is 0.953. The first kappa shape index (κ1) is 35.4. The predicted molar refractivity (Wildman–Crippen MR) is 259 cm³/mol. The van der Waals surface area contributed by atoms with Gasteiger partial charge in [0, 0.05) is 49.4 Å². The maximum Gasteiger partial charge on any atom is 0.238 e. The average Bonchev–Trinajstić information content (AvgIpc) is 4.00. The van der Waals surface area contributed by atoms with Crippen molar-refractivity contribution in [2.75, 3.05) is 0 Å². The zero-order chi connectivity index (χ0) is 41.4. The number of aromatic nitrogens is 6. The summed E-state index contributed by atoms with van der Waals surface area (Å²) in [6.07, 6.45) is 6.58. The number of para-hydroxylation sites is 4. The summed E-state index contributed by atoms with van der Waals surface area (Å²) in [6, 6.07) is 68.8. The molecule has 1 aliphatic carbocycles. The average molecular weight is 807 g/mol. The van der Waals surface area contributed by atoms with E-state index in [1.165, 1.54) is 49.5 Å². The number of benzene rings is 8. The first-order valence-electron chi connectivity index (χ1n) is 21.6. The van der Waals surface area contributed by atoms with Crippen LogP contribution in [0.3, 0.4) is 0 Å². The highest BCUT2D eigenvalue weighted by Gasteiger charge is 2.29. The summed E-state index contributed by atoms with van der Waals surface area (Å²) in [4.78, 5) is 15.9. The van der Waals surface area contributed by atoms with Crippen molar-refractivity contribution >= 4 is 60.6 Å². The summed E-state index contributed by atoms with van der Waals surface area (Å²) < 4.78 is 7.26. The highest BCUT2D eigenvalue weighted by molar-refractivity contribution is 6.24. The topological polar surface area (TPSA) is 53.5 Å². The molecule has 0 bridgehead atoms. The third-order valence-corrected chi connectivity index (χ3v) is 12.8. The number of fused-ring (bicyclic) bond motifs is 10. The highest BCUT2D eigenvalue weighted by atomic mass is 15.2. The monoisotopic (exact) mass is 806 g/mol. The second-order valence-electron chi connectivity index (χ2n) is 16.3. The molecule has 296 valence electrons. The molecule has 0 fully saturated rings. The lowest BCUT2D eigenvalue weighted by Crippen LogP contribution is -2.07. The van der Waals surface area contributed by atoms with E-state index in [0.717, 1.165) is 62.7 Å². The molecule has 8 aromatic carbocycles. The molecule has 0 unspecified atom stereocenters. The molecule has 4 heterocycles. The van der Waals surface area contributed by atoms with E-state index in [4.69, 9.17) is 15.0 Å². The SMILES string of the molecule is C1=Cc2c(c3c(-n4c5ccccc5c5ccccc54)cc4c(c5ccccc5n4-c4nc(-c5ccccc5)nc(-c5ccc(-c6ccccc6)cc5)n4)c3n2-c2ccccc2)CC1. The van der Waals surface area contributed by atoms with Crippen LogP contribution in [0.4, 0.5) is 0 Å². The quantitative estimate of drug-likeness (QED) is 0.168. The van der Waals surface area contributed by atoms with Gasteiger partial charge in [-0.2, -0.15) is 9.97 Å². The van der Waals surface area contributed by atoms with Crippen LogP contribution < -0.4 is 0 Å². The molecule has 1 aliphatic rings. The molecule has 13 rings (SSSR count). The molecule has 4 aromatic heterocycles. The molecular formula is C57H38N6. The number of hydrogen-bond donors (Lipinski definition) is 0. The molecule has 0 radical (unpaired) electrons. The van der Waals surface area contributed by atoms with Crippen LogP contribution in [0.25, 0.3) is 112 Å². The summed E-state index contributed by atoms with van der Waals surface area (Å²) in [5.41, 5.74) is 14.6. The lowest BCUT2D eigenvalue weighted by Gasteiger charge is -2.15. The Hall–Kier alpha value is -8.35. The summed E-state index contributed by atoms with van der Waals surface area (Å²) in [5.74, 6) is 1.79. The Morgan fingerprint density at radius 3 is 1.56 bits per heavy atom. The molecule has 0 atom stereocenters. The smallest absolute Gasteiger partial charge is 0.238 e. The van der Waals surface area contributed by atoms with Crippen LogP contribution in [0, 0.1) is 0 Å². The number of nitrogens with zero attached hydrogens (tertiary/aromatic N) is 6. The summed E-state index contributed by atoms with van der Waals surface area (Å²) in [5, 5.41) is 6.02. The van der Waals surface area contributed by atoms with Gasteiger partial charge in [0.2, 0.25) is 5.95 Å². The normalized spacial score (nSPS) is 12.6. The van der Waals surface area contributed by atoms with E-state index in [1.54, 1.807) is 0 Å². The van der Waals surface area contributed by atoms with Crippen molar-refractivity contribution in [2.24, 2.45) is 0 Å². The van der Waals surface area contributed by atoms with Crippen LogP contribution in [0.15, 0.2) is 200 Å². The summed E-state index contributed by atoms with van der Waals surface area (Å²) in [7, 11) is 0. The number of allylic oxidation sites excluding steroid dienone is 1. The molecule has 0 N–H and O–H groups in total. The fourth-order valence-electron chi connectivity index (χ4n) is 10.0. The van der Waals surface area contributed by atoms with Gasteiger partial charge in [-0.25, -0.2) is 4.98 Å². The minimum absolute atomic E-state index is 0.562. The van der Waals surface area contributed by atoms with E-state index in [0.29, 0.717) is 17.6 Å². The molecule has 6 nitrogen and oxygen atoms in total. The number of hydrogen-bond acceptors (Lipinski definition) is 3. The Bertz CT molecular complexity index is 3710. The van der Waals surface area contributed by atoms with Crippen LogP contribution in [-0.2, 0) is 6.42 Å². The third-order valence-electron chi connectivity index (χ3n) is 12.8. The molecule has 0 saturated heterocycles. The van der Waals surface area contributed by atoms with Gasteiger partial charge in [-0.1, -0.05) is 164 Å². The maximum absolute atomic E-state index is 5.41. The van der Waals surface area contributed by atoms with E-state index in [-0.39, 0.29) is 0 Å². The molecule has 0 spiro atoms. The minimum atomic E-state index is 0.562. The van der Waals surface area contributed by atoms with Crippen molar-refractivity contribution in [3.8, 4) is 51.2 Å². The van der Waals surface area contributed by atoms with Crippen molar-refractivity contribution in [3.63, 3.8) is 0 Å². The van der Waals surface area contributed by atoms with Crippen molar-refractivity contribution in [3.05, 3.63) is 211 Å². The summed E-state index contributed by atoms with van der Waals surface area (Å²) >= 11 is 0.